The van der Waals surface area contributed by atoms with Crippen molar-refractivity contribution in [3.8, 4) is 11.5 Å². The van der Waals surface area contributed by atoms with Crippen molar-refractivity contribution in [2.75, 3.05) is 0 Å². The minimum Gasteiger partial charge on any atom is -0.506 e. The molecular weight excluding hydrogens is 350 g/mol. The molecule has 1 N–H and O–H groups in total. The molecule has 1 heterocycles. The number of phenols is 1. The lowest BCUT2D eigenvalue weighted by Gasteiger charge is -2.12. The molecule has 0 fully saturated rings. The fraction of sp³-hybridized carbons (Fsp3) is 0.0500. The molecule has 0 atom stereocenters. The van der Waals surface area contributed by atoms with Crippen LogP contribution in [0.1, 0.15) is 5.56 Å². The molecule has 5 nitrogen and oxygen atoms in total. The summed E-state index contributed by atoms with van der Waals surface area (Å²) in [5.41, 5.74) is 1.38. The monoisotopic (exact) mass is 365 g/mol. The summed E-state index contributed by atoms with van der Waals surface area (Å²) in [5, 5.41) is 12.4. The van der Waals surface area contributed by atoms with Crippen molar-refractivity contribution in [2.45, 2.75) is 11.8 Å². The van der Waals surface area contributed by atoms with Gasteiger partial charge in [0.2, 0.25) is 0 Å². The van der Waals surface area contributed by atoms with Gasteiger partial charge in [-0.05, 0) is 42.1 Å². The number of rotatable bonds is 3. The van der Waals surface area contributed by atoms with Crippen molar-refractivity contribution in [3.63, 3.8) is 0 Å². The Labute approximate surface area is 150 Å². The van der Waals surface area contributed by atoms with E-state index in [0.29, 0.717) is 10.9 Å². The minimum absolute atomic E-state index is 0.173. The van der Waals surface area contributed by atoms with E-state index in [0.717, 1.165) is 16.3 Å². The summed E-state index contributed by atoms with van der Waals surface area (Å²) in [6.45, 7) is 1.76. The molecule has 1 aromatic heterocycles. The Bertz CT molecular complexity index is 1250. The number of aryl methyl sites for hydroxylation is 1. The van der Waals surface area contributed by atoms with Crippen LogP contribution in [0, 0.1) is 6.92 Å². The zero-order valence-corrected chi connectivity index (χ0v) is 14.7. The summed E-state index contributed by atoms with van der Waals surface area (Å²) < 4.78 is 30.8. The van der Waals surface area contributed by atoms with Crippen LogP contribution in [-0.2, 0) is 10.1 Å². The Morgan fingerprint density at radius 2 is 1.81 bits per heavy atom. The molecule has 4 aromatic rings. The Kier molecular flexibility index (Phi) is 3.77. The van der Waals surface area contributed by atoms with Crippen molar-refractivity contribution in [3.05, 3.63) is 72.4 Å². The third-order valence-electron chi connectivity index (χ3n) is 4.16. The van der Waals surface area contributed by atoms with Gasteiger partial charge in [0, 0.05) is 11.6 Å². The predicted molar refractivity (Wildman–Crippen MR) is 99.9 cm³/mol. The van der Waals surface area contributed by atoms with Gasteiger partial charge >= 0.3 is 10.1 Å². The van der Waals surface area contributed by atoms with Gasteiger partial charge in [0.25, 0.3) is 0 Å². The van der Waals surface area contributed by atoms with Gasteiger partial charge in [0.15, 0.2) is 5.75 Å². The zero-order chi connectivity index (χ0) is 18.3. The van der Waals surface area contributed by atoms with Crippen LogP contribution in [0.2, 0.25) is 0 Å². The van der Waals surface area contributed by atoms with Crippen LogP contribution in [0.15, 0.2) is 71.8 Å². The van der Waals surface area contributed by atoms with E-state index < -0.39 is 10.1 Å². The van der Waals surface area contributed by atoms with E-state index in [1.807, 2.05) is 24.3 Å². The maximum absolute atomic E-state index is 12.7. The van der Waals surface area contributed by atoms with Crippen LogP contribution >= 0.6 is 0 Å². The number of aromatic hydroxyl groups is 1. The maximum Gasteiger partial charge on any atom is 0.342 e. The molecule has 0 bridgehead atoms. The lowest BCUT2D eigenvalue weighted by molar-refractivity contribution is 0.445. The second-order valence-corrected chi connectivity index (χ2v) is 7.52. The van der Waals surface area contributed by atoms with E-state index in [1.54, 1.807) is 37.4 Å². The Balaban J connectivity index is 1.91. The summed E-state index contributed by atoms with van der Waals surface area (Å²) in [5.74, 6) is -0.167. The smallest absolute Gasteiger partial charge is 0.342 e. The Hall–Kier alpha value is -3.12. The average Bonchev–Trinajstić information content (AvgIpc) is 2.61. The van der Waals surface area contributed by atoms with E-state index in [4.69, 9.17) is 4.18 Å². The Morgan fingerprint density at radius 3 is 2.62 bits per heavy atom. The molecule has 0 spiro atoms. The van der Waals surface area contributed by atoms with Gasteiger partial charge < -0.3 is 9.29 Å². The van der Waals surface area contributed by atoms with Gasteiger partial charge in [0.1, 0.15) is 10.6 Å². The molecule has 4 rings (SSSR count). The molecule has 26 heavy (non-hydrogen) atoms. The molecule has 0 aliphatic rings. The fourth-order valence-corrected chi connectivity index (χ4v) is 3.96. The first-order valence-electron chi connectivity index (χ1n) is 7.96. The molecule has 0 aliphatic heterocycles. The largest absolute Gasteiger partial charge is 0.506 e. The van der Waals surface area contributed by atoms with E-state index in [-0.39, 0.29) is 16.4 Å². The molecular formula is C20H15NO4S. The normalized spacial score (nSPS) is 11.7. The molecule has 0 radical (unpaired) electrons. The van der Waals surface area contributed by atoms with Crippen molar-refractivity contribution in [1.29, 1.82) is 0 Å². The number of aromatic nitrogens is 1. The standard InChI is InChI=1S/C20H15NO4S/c1-13-9-10-19(17(22)11-13)26(23,24)25-18-8-4-7-16-20(18)15-6-3-2-5-14(15)12-21-16/h2-12,22H,1H3. The van der Waals surface area contributed by atoms with E-state index in [1.165, 1.54) is 12.1 Å². The van der Waals surface area contributed by atoms with Crippen LogP contribution in [0.5, 0.6) is 11.5 Å². The minimum atomic E-state index is -4.20. The summed E-state index contributed by atoms with van der Waals surface area (Å²) in [6.07, 6.45) is 1.74. The quantitative estimate of drug-likeness (QED) is 0.436. The molecule has 0 saturated heterocycles. The van der Waals surface area contributed by atoms with Crippen LogP contribution < -0.4 is 4.18 Å². The zero-order valence-electron chi connectivity index (χ0n) is 13.9. The average molecular weight is 365 g/mol. The maximum atomic E-state index is 12.7. The van der Waals surface area contributed by atoms with Gasteiger partial charge in [0.05, 0.1) is 10.9 Å². The topological polar surface area (TPSA) is 76.5 Å². The van der Waals surface area contributed by atoms with Crippen molar-refractivity contribution < 1.29 is 17.7 Å². The summed E-state index contributed by atoms with van der Waals surface area (Å²) in [4.78, 5) is 4.11. The van der Waals surface area contributed by atoms with E-state index in [9.17, 15) is 13.5 Å². The van der Waals surface area contributed by atoms with Gasteiger partial charge in [-0.1, -0.05) is 36.4 Å². The highest BCUT2D eigenvalue weighted by Gasteiger charge is 2.22. The molecule has 0 unspecified atom stereocenters. The van der Waals surface area contributed by atoms with Gasteiger partial charge in [-0.3, -0.25) is 4.98 Å². The highest BCUT2D eigenvalue weighted by Crippen LogP contribution is 2.34. The van der Waals surface area contributed by atoms with E-state index in [2.05, 4.69) is 4.98 Å². The summed E-state index contributed by atoms with van der Waals surface area (Å²) in [7, 11) is -4.20. The number of benzene rings is 3. The second-order valence-electron chi connectivity index (χ2n) is 6.00. The first kappa shape index (κ1) is 16.4. The number of hydrogen-bond donors (Lipinski definition) is 1. The molecule has 0 saturated carbocycles. The summed E-state index contributed by atoms with van der Waals surface area (Å²) in [6, 6.07) is 16.9. The fourth-order valence-electron chi connectivity index (χ4n) is 2.95. The van der Waals surface area contributed by atoms with Crippen LogP contribution in [-0.4, -0.2) is 18.5 Å². The molecule has 130 valence electrons. The highest BCUT2D eigenvalue weighted by atomic mass is 32.2. The summed E-state index contributed by atoms with van der Waals surface area (Å²) >= 11 is 0. The van der Waals surface area contributed by atoms with Crippen LogP contribution in [0.4, 0.5) is 0 Å². The predicted octanol–water partition coefficient (Wildman–Crippen LogP) is 4.17. The number of pyridine rings is 1. The second kappa shape index (κ2) is 6.00. The van der Waals surface area contributed by atoms with Crippen LogP contribution in [0.25, 0.3) is 21.7 Å². The molecule has 0 amide bonds. The van der Waals surface area contributed by atoms with Gasteiger partial charge in [-0.2, -0.15) is 8.42 Å². The van der Waals surface area contributed by atoms with Crippen molar-refractivity contribution >= 4 is 31.8 Å². The number of phenolic OH excluding ortho intramolecular Hbond substituents is 1. The molecule has 6 heteroatoms. The van der Waals surface area contributed by atoms with E-state index >= 15 is 0 Å². The number of nitrogens with zero attached hydrogens (tertiary/aromatic N) is 1. The first-order valence-corrected chi connectivity index (χ1v) is 9.37. The van der Waals surface area contributed by atoms with Crippen molar-refractivity contribution in [2.24, 2.45) is 0 Å². The van der Waals surface area contributed by atoms with Crippen molar-refractivity contribution in [1.82, 2.24) is 4.98 Å². The lowest BCUT2D eigenvalue weighted by atomic mass is 10.1. The number of hydrogen-bond acceptors (Lipinski definition) is 5. The highest BCUT2D eigenvalue weighted by molar-refractivity contribution is 7.87. The Morgan fingerprint density at radius 1 is 1.00 bits per heavy atom. The molecule has 0 aliphatic carbocycles. The molecule has 3 aromatic carbocycles. The van der Waals surface area contributed by atoms with Gasteiger partial charge in [-0.25, -0.2) is 0 Å². The first-order chi connectivity index (χ1) is 12.5. The number of fused-ring (bicyclic) bond motifs is 3. The van der Waals surface area contributed by atoms with Gasteiger partial charge in [-0.15, -0.1) is 0 Å². The lowest BCUT2D eigenvalue weighted by Crippen LogP contribution is -2.10. The third-order valence-corrected chi connectivity index (χ3v) is 5.44. The third kappa shape index (κ3) is 2.74. The SMILES string of the molecule is Cc1ccc(S(=O)(=O)Oc2cccc3ncc4ccccc4c23)c(O)c1. The van der Waals surface area contributed by atoms with Crippen LogP contribution in [0.3, 0.4) is 0 Å².